The summed E-state index contributed by atoms with van der Waals surface area (Å²) in [4.78, 5) is 72.1. The SMILES string of the molecule is COC(=O)N[C@H](C(=O)N1CCC[C@H]1c1nc2ccc(C3CCC(c4ccc5[nH]c([C@@H]6CCCN6C(=O)[C@@H](NC(=O)O)C(C)C)nc5c4)=C3c3ccc(C(C)(C)C)cc3)cc2[nH]1)C(C)C. The Kier molecular flexibility index (Phi) is 12.3. The number of ether oxygens (including phenoxy) is 1. The third-order valence-electron chi connectivity index (χ3n) is 13.5. The van der Waals surface area contributed by atoms with E-state index >= 15 is 0 Å². The number of benzene rings is 3. The van der Waals surface area contributed by atoms with Crippen LogP contribution in [0, 0.1) is 11.8 Å². The second-order valence-electron chi connectivity index (χ2n) is 19.5. The number of alkyl carbamates (subject to hydrolysis) is 1. The third kappa shape index (κ3) is 8.70. The number of carboxylic acid groups (broad SMARTS) is 1. The van der Waals surface area contributed by atoms with Crippen molar-refractivity contribution in [1.29, 1.82) is 0 Å². The monoisotopic (exact) mass is 870 g/mol. The lowest BCUT2D eigenvalue weighted by atomic mass is 9.83. The van der Waals surface area contributed by atoms with E-state index in [1.165, 1.54) is 34.9 Å². The maximum Gasteiger partial charge on any atom is 0.407 e. The maximum atomic E-state index is 13.9. The highest BCUT2D eigenvalue weighted by atomic mass is 16.5. The first-order valence-electron chi connectivity index (χ1n) is 22.8. The number of rotatable bonds is 11. The van der Waals surface area contributed by atoms with Gasteiger partial charge in [0.1, 0.15) is 23.7 Å². The van der Waals surface area contributed by atoms with Crippen LogP contribution in [0.2, 0.25) is 0 Å². The van der Waals surface area contributed by atoms with Gasteiger partial charge in [-0.3, -0.25) is 9.59 Å². The summed E-state index contributed by atoms with van der Waals surface area (Å²) >= 11 is 0. The van der Waals surface area contributed by atoms with E-state index in [1.54, 1.807) is 4.90 Å². The van der Waals surface area contributed by atoms with E-state index in [1.807, 2.05) is 32.6 Å². The number of fused-ring (bicyclic) bond motifs is 2. The normalized spacial score (nSPS) is 20.2. The zero-order valence-electron chi connectivity index (χ0n) is 38.2. The zero-order chi connectivity index (χ0) is 45.6. The zero-order valence-corrected chi connectivity index (χ0v) is 38.2. The van der Waals surface area contributed by atoms with Gasteiger partial charge in [0.15, 0.2) is 0 Å². The van der Waals surface area contributed by atoms with Crippen LogP contribution in [0.15, 0.2) is 60.7 Å². The molecule has 14 heteroatoms. The third-order valence-corrected chi connectivity index (χ3v) is 13.5. The van der Waals surface area contributed by atoms with E-state index in [-0.39, 0.29) is 47.1 Å². The average molecular weight is 871 g/mol. The molecular weight excluding hydrogens is 809 g/mol. The molecule has 3 aromatic carbocycles. The van der Waals surface area contributed by atoms with Crippen LogP contribution in [0.1, 0.15) is 139 Å². The van der Waals surface area contributed by atoms with E-state index < -0.39 is 24.3 Å². The average Bonchev–Trinajstić information content (AvgIpc) is 4.11. The summed E-state index contributed by atoms with van der Waals surface area (Å²) in [6.07, 6.45) is 3.10. The molecule has 338 valence electrons. The van der Waals surface area contributed by atoms with Crippen LogP contribution in [0.25, 0.3) is 33.2 Å². The Morgan fingerprint density at radius 3 is 1.89 bits per heavy atom. The molecule has 1 aliphatic carbocycles. The van der Waals surface area contributed by atoms with Crippen molar-refractivity contribution < 1.29 is 29.0 Å². The number of likely N-dealkylation sites (tertiary alicyclic amines) is 2. The number of imidazole rings is 2. The molecule has 4 heterocycles. The highest BCUT2D eigenvalue weighted by Crippen LogP contribution is 2.50. The summed E-state index contributed by atoms with van der Waals surface area (Å²) in [6, 6.07) is 19.8. The van der Waals surface area contributed by atoms with E-state index in [0.29, 0.717) is 18.9 Å². The van der Waals surface area contributed by atoms with Gasteiger partial charge < -0.3 is 40.2 Å². The van der Waals surface area contributed by atoms with Crippen molar-refractivity contribution in [2.45, 2.75) is 122 Å². The molecule has 4 amide bonds. The number of nitrogens with one attached hydrogen (secondary N) is 4. The highest BCUT2D eigenvalue weighted by Gasteiger charge is 2.39. The first-order chi connectivity index (χ1) is 30.5. The molecule has 3 aliphatic rings. The number of amides is 4. The smallest absolute Gasteiger partial charge is 0.407 e. The molecule has 8 rings (SSSR count). The van der Waals surface area contributed by atoms with Gasteiger partial charge >= 0.3 is 12.2 Å². The summed E-state index contributed by atoms with van der Waals surface area (Å²) in [5.74, 6) is 0.863. The van der Waals surface area contributed by atoms with Crippen LogP contribution in [0.3, 0.4) is 0 Å². The fraction of sp³-hybridized carbons (Fsp3) is 0.480. The van der Waals surface area contributed by atoms with Crippen LogP contribution < -0.4 is 10.6 Å². The van der Waals surface area contributed by atoms with Gasteiger partial charge in [-0.15, -0.1) is 0 Å². The summed E-state index contributed by atoms with van der Waals surface area (Å²) in [6.45, 7) is 15.3. The lowest BCUT2D eigenvalue weighted by Gasteiger charge is -2.29. The molecule has 5 aromatic rings. The van der Waals surface area contributed by atoms with E-state index in [4.69, 9.17) is 14.7 Å². The molecule has 0 spiro atoms. The molecular formula is C50H62N8O6. The van der Waals surface area contributed by atoms with Crippen molar-refractivity contribution in [3.8, 4) is 0 Å². The molecule has 2 aromatic heterocycles. The quantitative estimate of drug-likeness (QED) is 0.0870. The molecule has 64 heavy (non-hydrogen) atoms. The van der Waals surface area contributed by atoms with Gasteiger partial charge in [-0.1, -0.05) is 84.9 Å². The Balaban J connectivity index is 1.12. The van der Waals surface area contributed by atoms with Gasteiger partial charge in [-0.2, -0.15) is 0 Å². The fourth-order valence-electron chi connectivity index (χ4n) is 10.1. The highest BCUT2D eigenvalue weighted by molar-refractivity contribution is 5.98. The van der Waals surface area contributed by atoms with Crippen LogP contribution >= 0.6 is 0 Å². The second kappa shape index (κ2) is 17.8. The number of hydrogen-bond acceptors (Lipinski definition) is 7. The number of hydrogen-bond donors (Lipinski definition) is 5. The van der Waals surface area contributed by atoms with Crippen molar-refractivity contribution in [3.05, 3.63) is 94.6 Å². The number of allylic oxidation sites excluding steroid dienone is 2. The van der Waals surface area contributed by atoms with E-state index in [0.717, 1.165) is 72.0 Å². The molecule has 2 aliphatic heterocycles. The molecule has 0 radical (unpaired) electrons. The number of aromatic nitrogens is 4. The number of carbonyl (C=O) groups is 4. The van der Waals surface area contributed by atoms with Gasteiger partial charge in [-0.25, -0.2) is 19.6 Å². The van der Waals surface area contributed by atoms with Gasteiger partial charge in [-0.05, 0) is 113 Å². The Hall–Kier alpha value is -6.18. The van der Waals surface area contributed by atoms with E-state index in [2.05, 4.69) is 102 Å². The van der Waals surface area contributed by atoms with Gasteiger partial charge in [0.2, 0.25) is 11.8 Å². The van der Waals surface area contributed by atoms with Crippen molar-refractivity contribution >= 4 is 57.2 Å². The summed E-state index contributed by atoms with van der Waals surface area (Å²) in [5.41, 5.74) is 10.7. The van der Waals surface area contributed by atoms with Crippen LogP contribution in [-0.4, -0.2) is 91.1 Å². The lowest BCUT2D eigenvalue weighted by Crippen LogP contribution is -2.51. The molecule has 0 saturated carbocycles. The topological polar surface area (TPSA) is 186 Å². The van der Waals surface area contributed by atoms with Crippen molar-refractivity contribution in [1.82, 2.24) is 40.4 Å². The predicted molar refractivity (Wildman–Crippen MR) is 247 cm³/mol. The van der Waals surface area contributed by atoms with Gasteiger partial charge in [0.25, 0.3) is 0 Å². The number of aromatic amines is 2. The van der Waals surface area contributed by atoms with Crippen LogP contribution in [0.5, 0.6) is 0 Å². The summed E-state index contributed by atoms with van der Waals surface area (Å²) < 4.78 is 4.83. The fourth-order valence-corrected chi connectivity index (χ4v) is 10.1. The van der Waals surface area contributed by atoms with Crippen molar-refractivity contribution in [2.75, 3.05) is 20.2 Å². The van der Waals surface area contributed by atoms with Crippen LogP contribution in [0.4, 0.5) is 9.59 Å². The number of methoxy groups -OCH3 is 1. The first kappa shape index (κ1) is 44.4. The molecule has 2 fully saturated rings. The van der Waals surface area contributed by atoms with Crippen molar-refractivity contribution in [3.63, 3.8) is 0 Å². The predicted octanol–water partition coefficient (Wildman–Crippen LogP) is 9.22. The molecule has 1 unspecified atom stereocenters. The summed E-state index contributed by atoms with van der Waals surface area (Å²) in [7, 11) is 1.30. The minimum Gasteiger partial charge on any atom is -0.465 e. The van der Waals surface area contributed by atoms with Gasteiger partial charge in [0, 0.05) is 19.0 Å². The number of carbonyl (C=O) groups excluding carboxylic acids is 3. The molecule has 5 N–H and O–H groups in total. The number of nitrogens with zero attached hydrogens (tertiary/aromatic N) is 4. The maximum absolute atomic E-state index is 13.9. The summed E-state index contributed by atoms with van der Waals surface area (Å²) in [5, 5.41) is 14.6. The minimum absolute atomic E-state index is 0.00588. The molecule has 0 bridgehead atoms. The van der Waals surface area contributed by atoms with Crippen molar-refractivity contribution in [2.24, 2.45) is 11.8 Å². The Labute approximate surface area is 374 Å². The molecule has 14 nitrogen and oxygen atoms in total. The number of H-pyrrole nitrogens is 2. The van der Waals surface area contributed by atoms with E-state index in [9.17, 15) is 24.3 Å². The van der Waals surface area contributed by atoms with Gasteiger partial charge in [0.05, 0.1) is 41.3 Å². The standard InChI is InChI=1S/C50H62N8O6/c1-27(2)42(55-48(61)62)46(59)57-23-9-11-39(57)44-51-35-21-15-30(25-37(35)53-44)33-19-20-34(41(33)29-13-17-32(18-14-29)50(5,6)7)31-16-22-36-38(26-31)54-45(52-36)40-12-10-24-58(40)47(60)43(28(3)4)56-49(63)64-8/h13-18,21-22,25-28,34,39-40,42-43,55H,9-12,19-20,23-24H2,1-8H3,(H,51,53)(H,52,54)(H,56,63)(H,61,62)/t34?,39-,40-,42-,43-/m0/s1. The Morgan fingerprint density at radius 2 is 1.31 bits per heavy atom. The minimum atomic E-state index is -1.21. The largest absolute Gasteiger partial charge is 0.465 e. The second-order valence-corrected chi connectivity index (χ2v) is 19.5. The lowest BCUT2D eigenvalue weighted by molar-refractivity contribution is -0.136. The first-order valence-corrected chi connectivity index (χ1v) is 22.8. The Bertz CT molecular complexity index is 2600. The Morgan fingerprint density at radius 1 is 0.734 bits per heavy atom. The molecule has 5 atom stereocenters. The van der Waals surface area contributed by atoms with Crippen LogP contribution in [-0.2, 0) is 19.7 Å². The molecule has 2 saturated heterocycles.